The highest BCUT2D eigenvalue weighted by Crippen LogP contribution is 2.41. The fourth-order valence-corrected chi connectivity index (χ4v) is 3.58. The van der Waals surface area contributed by atoms with Gasteiger partial charge in [0.25, 0.3) is 0 Å². The number of hydrogen-bond acceptors (Lipinski definition) is 5. The molecule has 0 bridgehead atoms. The van der Waals surface area contributed by atoms with E-state index in [4.69, 9.17) is 18.6 Å². The Morgan fingerprint density at radius 3 is 2.07 bits per heavy atom. The van der Waals surface area contributed by atoms with Crippen molar-refractivity contribution in [2.24, 2.45) is 0 Å². The molecule has 0 fully saturated rings. The minimum absolute atomic E-state index is 0.421. The lowest BCUT2D eigenvalue weighted by atomic mass is 9.99. The molecule has 4 rings (SSSR count). The van der Waals surface area contributed by atoms with Gasteiger partial charge in [-0.15, -0.1) is 0 Å². The summed E-state index contributed by atoms with van der Waals surface area (Å²) in [4.78, 5) is 12.8. The average molecular weight is 376 g/mol. The van der Waals surface area contributed by atoms with Crippen molar-refractivity contribution in [2.45, 2.75) is 6.92 Å². The first kappa shape index (κ1) is 17.9. The van der Waals surface area contributed by atoms with E-state index >= 15 is 0 Å². The third-order valence-electron chi connectivity index (χ3n) is 4.92. The van der Waals surface area contributed by atoms with Gasteiger partial charge in [0.05, 0.1) is 26.9 Å². The Morgan fingerprint density at radius 1 is 0.821 bits per heavy atom. The molecule has 5 heteroatoms. The maximum atomic E-state index is 12.8. The molecule has 0 amide bonds. The van der Waals surface area contributed by atoms with Crippen LogP contribution in [0.25, 0.3) is 32.9 Å². The van der Waals surface area contributed by atoms with Gasteiger partial charge in [-0.1, -0.05) is 24.3 Å². The van der Waals surface area contributed by atoms with Crippen LogP contribution in [0.15, 0.2) is 57.7 Å². The van der Waals surface area contributed by atoms with E-state index in [-0.39, 0.29) is 0 Å². The third-order valence-corrected chi connectivity index (χ3v) is 4.92. The zero-order valence-electron chi connectivity index (χ0n) is 16.2. The quantitative estimate of drug-likeness (QED) is 0.373. The highest BCUT2D eigenvalue weighted by atomic mass is 16.5. The zero-order valence-corrected chi connectivity index (χ0v) is 16.2. The zero-order chi connectivity index (χ0) is 19.8. The van der Waals surface area contributed by atoms with Gasteiger partial charge in [0.15, 0.2) is 11.5 Å². The highest BCUT2D eigenvalue weighted by Gasteiger charge is 2.17. The lowest BCUT2D eigenvalue weighted by molar-refractivity contribution is 0.324. The summed E-state index contributed by atoms with van der Waals surface area (Å²) in [7, 11) is 4.62. The fraction of sp³-hybridized carbons (Fsp3) is 0.174. The van der Waals surface area contributed by atoms with Gasteiger partial charge in [0, 0.05) is 10.8 Å². The summed E-state index contributed by atoms with van der Waals surface area (Å²) in [5, 5.41) is 2.85. The smallest absolute Gasteiger partial charge is 0.344 e. The molecule has 1 heterocycles. The van der Waals surface area contributed by atoms with Gasteiger partial charge in [-0.05, 0) is 47.7 Å². The van der Waals surface area contributed by atoms with Crippen molar-refractivity contribution in [1.82, 2.24) is 0 Å². The largest absolute Gasteiger partial charge is 0.493 e. The van der Waals surface area contributed by atoms with Crippen molar-refractivity contribution >= 4 is 21.7 Å². The van der Waals surface area contributed by atoms with Crippen LogP contribution in [0.2, 0.25) is 0 Å². The van der Waals surface area contributed by atoms with Crippen molar-refractivity contribution in [3.63, 3.8) is 0 Å². The van der Waals surface area contributed by atoms with Crippen LogP contribution in [-0.4, -0.2) is 21.3 Å². The Hall–Kier alpha value is -3.47. The molecule has 0 aliphatic heterocycles. The van der Waals surface area contributed by atoms with Crippen molar-refractivity contribution in [2.75, 3.05) is 21.3 Å². The van der Waals surface area contributed by atoms with E-state index in [2.05, 4.69) is 0 Å². The highest BCUT2D eigenvalue weighted by molar-refractivity contribution is 6.06. The monoisotopic (exact) mass is 376 g/mol. The second-order valence-corrected chi connectivity index (χ2v) is 6.52. The van der Waals surface area contributed by atoms with Gasteiger partial charge < -0.3 is 18.6 Å². The van der Waals surface area contributed by atoms with E-state index in [1.54, 1.807) is 33.5 Å². The number of ether oxygens (including phenoxy) is 3. The molecule has 28 heavy (non-hydrogen) atoms. The summed E-state index contributed by atoms with van der Waals surface area (Å²) < 4.78 is 21.9. The lowest BCUT2D eigenvalue weighted by Gasteiger charge is -2.14. The number of methoxy groups -OCH3 is 3. The SMILES string of the molecule is COc1cc(-c2cc3cc(C)c4ccccc4c3oc2=O)cc(OC)c1OC. The van der Waals surface area contributed by atoms with Crippen LogP contribution in [0, 0.1) is 6.92 Å². The normalized spacial score (nSPS) is 11.0. The molecule has 0 atom stereocenters. The molecule has 4 aromatic rings. The predicted octanol–water partition coefficient (Wildman–Crippen LogP) is 4.95. The molecule has 5 nitrogen and oxygen atoms in total. The molecular formula is C23H20O5. The molecule has 0 saturated heterocycles. The maximum Gasteiger partial charge on any atom is 0.344 e. The van der Waals surface area contributed by atoms with Crippen LogP contribution < -0.4 is 19.8 Å². The predicted molar refractivity (Wildman–Crippen MR) is 110 cm³/mol. The fourth-order valence-electron chi connectivity index (χ4n) is 3.58. The van der Waals surface area contributed by atoms with Crippen LogP contribution in [0.4, 0.5) is 0 Å². The number of aryl methyl sites for hydroxylation is 1. The molecule has 0 aliphatic carbocycles. The number of rotatable bonds is 4. The molecule has 1 aromatic heterocycles. The third kappa shape index (κ3) is 2.76. The second-order valence-electron chi connectivity index (χ2n) is 6.52. The van der Waals surface area contributed by atoms with Gasteiger partial charge in [-0.3, -0.25) is 0 Å². The van der Waals surface area contributed by atoms with Crippen LogP contribution in [0.5, 0.6) is 17.2 Å². The summed E-state index contributed by atoms with van der Waals surface area (Å²) in [5.41, 5.74) is 2.35. The van der Waals surface area contributed by atoms with Gasteiger partial charge in [0.1, 0.15) is 5.58 Å². The van der Waals surface area contributed by atoms with Gasteiger partial charge in [0.2, 0.25) is 5.75 Å². The molecule has 0 aliphatic rings. The minimum atomic E-state index is -0.421. The molecular weight excluding hydrogens is 356 g/mol. The van der Waals surface area contributed by atoms with Crippen molar-refractivity contribution in [3.8, 4) is 28.4 Å². The molecule has 0 saturated carbocycles. The number of fused-ring (bicyclic) bond motifs is 3. The Labute approximate surface area is 162 Å². The summed E-state index contributed by atoms with van der Waals surface area (Å²) in [6.45, 7) is 2.05. The lowest BCUT2D eigenvalue weighted by Crippen LogP contribution is -2.04. The van der Waals surface area contributed by atoms with Crippen LogP contribution >= 0.6 is 0 Å². The van der Waals surface area contributed by atoms with Crippen LogP contribution in [-0.2, 0) is 0 Å². The molecule has 142 valence electrons. The minimum Gasteiger partial charge on any atom is -0.493 e. The van der Waals surface area contributed by atoms with E-state index in [0.717, 1.165) is 21.7 Å². The van der Waals surface area contributed by atoms with Crippen molar-refractivity contribution in [1.29, 1.82) is 0 Å². The summed E-state index contributed by atoms with van der Waals surface area (Å²) in [5.74, 6) is 1.43. The van der Waals surface area contributed by atoms with Crippen LogP contribution in [0.1, 0.15) is 5.56 Å². The Morgan fingerprint density at radius 2 is 1.46 bits per heavy atom. The first-order chi connectivity index (χ1) is 13.6. The topological polar surface area (TPSA) is 57.9 Å². The standard InChI is InChI=1S/C23H20O5/c1-13-9-15-10-18(14-11-19(25-2)22(27-4)20(12-14)26-3)23(24)28-21(15)17-8-6-5-7-16(13)17/h5-12H,1-4H3. The Balaban J connectivity index is 2.01. The Kier molecular flexibility index (Phi) is 4.43. The van der Waals surface area contributed by atoms with Gasteiger partial charge in [-0.2, -0.15) is 0 Å². The Bertz CT molecular complexity index is 1230. The van der Waals surface area contributed by atoms with Gasteiger partial charge in [-0.25, -0.2) is 4.79 Å². The number of benzene rings is 3. The van der Waals surface area contributed by atoms with E-state index in [9.17, 15) is 4.79 Å². The van der Waals surface area contributed by atoms with E-state index in [1.807, 2.05) is 43.3 Å². The average Bonchev–Trinajstić information content (AvgIpc) is 2.73. The summed E-state index contributed by atoms with van der Waals surface area (Å²) in [6.07, 6.45) is 0. The van der Waals surface area contributed by atoms with E-state index in [0.29, 0.717) is 34.0 Å². The molecule has 3 aromatic carbocycles. The number of hydrogen-bond donors (Lipinski definition) is 0. The first-order valence-corrected chi connectivity index (χ1v) is 8.84. The van der Waals surface area contributed by atoms with Crippen molar-refractivity contribution in [3.05, 3.63) is 64.5 Å². The first-order valence-electron chi connectivity index (χ1n) is 8.84. The molecule has 0 spiro atoms. The second kappa shape index (κ2) is 6.93. The van der Waals surface area contributed by atoms with Gasteiger partial charge >= 0.3 is 5.63 Å². The summed E-state index contributed by atoms with van der Waals surface area (Å²) in [6, 6.07) is 15.3. The summed E-state index contributed by atoms with van der Waals surface area (Å²) >= 11 is 0. The van der Waals surface area contributed by atoms with E-state index < -0.39 is 5.63 Å². The molecule has 0 unspecified atom stereocenters. The van der Waals surface area contributed by atoms with Crippen molar-refractivity contribution < 1.29 is 18.6 Å². The maximum absolute atomic E-state index is 12.8. The van der Waals surface area contributed by atoms with E-state index in [1.165, 1.54) is 0 Å². The van der Waals surface area contributed by atoms with Crippen LogP contribution in [0.3, 0.4) is 0 Å². The molecule has 0 radical (unpaired) electrons. The molecule has 0 N–H and O–H groups in total.